The Hall–Kier alpha value is -1.74. The minimum atomic E-state index is -0.135. The lowest BCUT2D eigenvalue weighted by Crippen LogP contribution is -2.12. The second kappa shape index (κ2) is 5.10. The van der Waals surface area contributed by atoms with Gasteiger partial charge in [0.15, 0.2) is 0 Å². The van der Waals surface area contributed by atoms with Crippen molar-refractivity contribution in [2.75, 3.05) is 0 Å². The summed E-state index contributed by atoms with van der Waals surface area (Å²) in [5.74, 6) is 1.90. The Kier molecular flexibility index (Phi) is 3.30. The molecule has 1 heterocycles. The third-order valence-corrected chi connectivity index (χ3v) is 3.50. The van der Waals surface area contributed by atoms with Gasteiger partial charge in [0.25, 0.3) is 0 Å². The van der Waals surface area contributed by atoms with Crippen molar-refractivity contribution >= 4 is 0 Å². The lowest BCUT2D eigenvalue weighted by molar-refractivity contribution is 0.303. The molecule has 0 radical (unpaired) electrons. The van der Waals surface area contributed by atoms with E-state index < -0.39 is 0 Å². The first-order valence-corrected chi connectivity index (χ1v) is 6.86. The first-order valence-electron chi connectivity index (χ1n) is 6.86. The summed E-state index contributed by atoms with van der Waals surface area (Å²) in [6, 6.07) is 9.89. The van der Waals surface area contributed by atoms with Crippen LogP contribution >= 0.6 is 0 Å². The van der Waals surface area contributed by atoms with Crippen LogP contribution in [-0.4, -0.2) is 6.10 Å². The van der Waals surface area contributed by atoms with Crippen LogP contribution in [0.2, 0.25) is 0 Å². The molecule has 2 N–H and O–H groups in total. The van der Waals surface area contributed by atoms with Crippen LogP contribution in [0.15, 0.2) is 41.0 Å². The standard InChI is InChI=1S/C16H19NO2/c1-2-15-14(9-10-18-15)16(17)11-3-5-12(6-4-11)19-13-7-8-13/h3-6,9-10,13,16H,2,7-8,17H2,1H3. The SMILES string of the molecule is CCc1occc1C(N)c1ccc(OC2CC2)cc1. The largest absolute Gasteiger partial charge is 0.490 e. The summed E-state index contributed by atoms with van der Waals surface area (Å²) in [6.07, 6.45) is 5.35. The quantitative estimate of drug-likeness (QED) is 0.892. The van der Waals surface area contributed by atoms with Crippen LogP contribution in [0.3, 0.4) is 0 Å². The molecular formula is C16H19NO2. The highest BCUT2D eigenvalue weighted by atomic mass is 16.5. The molecule has 1 unspecified atom stereocenters. The third-order valence-electron chi connectivity index (χ3n) is 3.50. The third kappa shape index (κ3) is 2.66. The van der Waals surface area contributed by atoms with Crippen molar-refractivity contribution in [3.63, 3.8) is 0 Å². The molecule has 0 bridgehead atoms. The van der Waals surface area contributed by atoms with E-state index in [1.165, 1.54) is 12.8 Å². The van der Waals surface area contributed by atoms with E-state index in [1.54, 1.807) is 6.26 Å². The van der Waals surface area contributed by atoms with Gasteiger partial charge in [-0.25, -0.2) is 0 Å². The van der Waals surface area contributed by atoms with Gasteiger partial charge in [-0.1, -0.05) is 19.1 Å². The van der Waals surface area contributed by atoms with E-state index in [1.807, 2.05) is 30.3 Å². The highest BCUT2D eigenvalue weighted by Crippen LogP contribution is 2.29. The zero-order chi connectivity index (χ0) is 13.2. The molecule has 0 aliphatic heterocycles. The molecule has 1 saturated carbocycles. The van der Waals surface area contributed by atoms with Crippen molar-refractivity contribution in [3.05, 3.63) is 53.5 Å². The van der Waals surface area contributed by atoms with E-state index in [2.05, 4.69) is 6.92 Å². The van der Waals surface area contributed by atoms with Gasteiger partial charge < -0.3 is 14.9 Å². The van der Waals surface area contributed by atoms with E-state index in [0.29, 0.717) is 6.10 Å². The van der Waals surface area contributed by atoms with Crippen LogP contribution in [-0.2, 0) is 6.42 Å². The summed E-state index contributed by atoms with van der Waals surface area (Å²) in [7, 11) is 0. The number of furan rings is 1. The van der Waals surface area contributed by atoms with E-state index >= 15 is 0 Å². The Bertz CT molecular complexity index is 540. The number of hydrogen-bond donors (Lipinski definition) is 1. The van der Waals surface area contributed by atoms with E-state index in [-0.39, 0.29) is 6.04 Å². The van der Waals surface area contributed by atoms with Gasteiger partial charge in [0.2, 0.25) is 0 Å². The smallest absolute Gasteiger partial charge is 0.119 e. The summed E-state index contributed by atoms with van der Waals surface area (Å²) in [6.45, 7) is 2.07. The van der Waals surface area contributed by atoms with Crippen LogP contribution in [0.1, 0.15) is 42.7 Å². The molecule has 2 aromatic rings. The van der Waals surface area contributed by atoms with Gasteiger partial charge in [0.1, 0.15) is 11.5 Å². The summed E-state index contributed by atoms with van der Waals surface area (Å²) < 4.78 is 11.2. The number of benzene rings is 1. The lowest BCUT2D eigenvalue weighted by Gasteiger charge is -2.13. The minimum Gasteiger partial charge on any atom is -0.490 e. The molecule has 1 aromatic carbocycles. The van der Waals surface area contributed by atoms with Gasteiger partial charge in [-0.15, -0.1) is 0 Å². The first-order chi connectivity index (χ1) is 9.28. The van der Waals surface area contributed by atoms with Gasteiger partial charge in [0, 0.05) is 12.0 Å². The van der Waals surface area contributed by atoms with Crippen LogP contribution < -0.4 is 10.5 Å². The van der Waals surface area contributed by atoms with Crippen molar-refractivity contribution < 1.29 is 9.15 Å². The number of rotatable bonds is 5. The Morgan fingerprint density at radius 1 is 1.26 bits per heavy atom. The van der Waals surface area contributed by atoms with Crippen LogP contribution in [0.25, 0.3) is 0 Å². The van der Waals surface area contributed by atoms with Crippen molar-refractivity contribution in [2.24, 2.45) is 5.73 Å². The monoisotopic (exact) mass is 257 g/mol. The number of ether oxygens (including phenoxy) is 1. The molecule has 100 valence electrons. The van der Waals surface area contributed by atoms with Crippen LogP contribution in [0, 0.1) is 0 Å². The predicted molar refractivity (Wildman–Crippen MR) is 74.2 cm³/mol. The fourth-order valence-corrected chi connectivity index (χ4v) is 2.23. The maximum Gasteiger partial charge on any atom is 0.119 e. The minimum absolute atomic E-state index is 0.135. The second-order valence-corrected chi connectivity index (χ2v) is 5.02. The fraction of sp³-hybridized carbons (Fsp3) is 0.375. The molecule has 0 spiro atoms. The summed E-state index contributed by atoms with van der Waals surface area (Å²) >= 11 is 0. The molecule has 1 atom stereocenters. The van der Waals surface area contributed by atoms with E-state index in [9.17, 15) is 0 Å². The van der Waals surface area contributed by atoms with Crippen LogP contribution in [0.4, 0.5) is 0 Å². The predicted octanol–water partition coefficient (Wildman–Crippen LogP) is 3.43. The van der Waals surface area contributed by atoms with Gasteiger partial charge in [-0.05, 0) is 36.6 Å². The highest BCUT2D eigenvalue weighted by molar-refractivity contribution is 5.36. The van der Waals surface area contributed by atoms with Crippen molar-refractivity contribution in [1.82, 2.24) is 0 Å². The molecule has 3 nitrogen and oxygen atoms in total. The molecule has 3 rings (SSSR count). The summed E-state index contributed by atoms with van der Waals surface area (Å²) in [4.78, 5) is 0. The lowest BCUT2D eigenvalue weighted by atomic mass is 9.99. The van der Waals surface area contributed by atoms with E-state index in [4.69, 9.17) is 14.9 Å². The molecule has 1 aliphatic carbocycles. The van der Waals surface area contributed by atoms with Crippen molar-refractivity contribution in [1.29, 1.82) is 0 Å². The molecule has 3 heteroatoms. The average Bonchev–Trinajstić information content (AvgIpc) is 3.12. The molecular weight excluding hydrogens is 238 g/mol. The Labute approximate surface area is 113 Å². The Morgan fingerprint density at radius 3 is 2.63 bits per heavy atom. The zero-order valence-corrected chi connectivity index (χ0v) is 11.1. The maximum absolute atomic E-state index is 6.30. The fourth-order valence-electron chi connectivity index (χ4n) is 2.23. The summed E-state index contributed by atoms with van der Waals surface area (Å²) in [5, 5.41) is 0. The van der Waals surface area contributed by atoms with Crippen LogP contribution in [0.5, 0.6) is 5.75 Å². The zero-order valence-electron chi connectivity index (χ0n) is 11.1. The summed E-state index contributed by atoms with van der Waals surface area (Å²) in [5.41, 5.74) is 8.45. The number of hydrogen-bond acceptors (Lipinski definition) is 3. The number of nitrogens with two attached hydrogens (primary N) is 1. The van der Waals surface area contributed by atoms with E-state index in [0.717, 1.165) is 29.1 Å². The second-order valence-electron chi connectivity index (χ2n) is 5.02. The molecule has 1 aliphatic rings. The molecule has 0 saturated heterocycles. The van der Waals surface area contributed by atoms with Gasteiger partial charge in [0.05, 0.1) is 18.4 Å². The highest BCUT2D eigenvalue weighted by Gasteiger charge is 2.23. The molecule has 19 heavy (non-hydrogen) atoms. The average molecular weight is 257 g/mol. The molecule has 0 amide bonds. The van der Waals surface area contributed by atoms with Crippen molar-refractivity contribution in [2.45, 2.75) is 38.3 Å². The Balaban J connectivity index is 1.77. The van der Waals surface area contributed by atoms with Gasteiger partial charge in [-0.3, -0.25) is 0 Å². The number of aryl methyl sites for hydroxylation is 1. The van der Waals surface area contributed by atoms with Gasteiger partial charge in [-0.2, -0.15) is 0 Å². The molecule has 1 aromatic heterocycles. The topological polar surface area (TPSA) is 48.4 Å². The van der Waals surface area contributed by atoms with Crippen molar-refractivity contribution in [3.8, 4) is 5.75 Å². The Morgan fingerprint density at radius 2 is 2.00 bits per heavy atom. The maximum atomic E-state index is 6.30. The first kappa shape index (κ1) is 12.3. The molecule has 1 fully saturated rings. The van der Waals surface area contributed by atoms with Gasteiger partial charge >= 0.3 is 0 Å². The normalized spacial score (nSPS) is 16.3.